The molecule has 2 unspecified atom stereocenters. The van der Waals surface area contributed by atoms with Gasteiger partial charge in [-0.25, -0.2) is 0 Å². The third-order valence-corrected chi connectivity index (χ3v) is 3.61. The van der Waals surface area contributed by atoms with Crippen molar-refractivity contribution in [3.05, 3.63) is 0 Å². The Hall–Kier alpha value is -1.06. The van der Waals surface area contributed by atoms with Crippen LogP contribution in [0.2, 0.25) is 0 Å². The Morgan fingerprint density at radius 2 is 1.72 bits per heavy atom. The molecule has 1 amide bonds. The van der Waals surface area contributed by atoms with E-state index in [4.69, 9.17) is 5.11 Å². The lowest BCUT2D eigenvalue weighted by Gasteiger charge is -2.30. The molecule has 0 bridgehead atoms. The minimum Gasteiger partial charge on any atom is -0.481 e. The molecule has 0 fully saturated rings. The van der Waals surface area contributed by atoms with Crippen LogP contribution in [0.15, 0.2) is 0 Å². The van der Waals surface area contributed by atoms with Crippen molar-refractivity contribution in [3.63, 3.8) is 0 Å². The molecule has 0 aliphatic rings. The molecule has 4 nitrogen and oxygen atoms in total. The summed E-state index contributed by atoms with van der Waals surface area (Å²) in [7, 11) is 0. The molecule has 0 spiro atoms. The molecule has 0 radical (unpaired) electrons. The first-order valence-electron chi connectivity index (χ1n) is 6.60. The van der Waals surface area contributed by atoms with Gasteiger partial charge in [0.05, 0.1) is 5.92 Å². The van der Waals surface area contributed by atoms with E-state index in [1.165, 1.54) is 0 Å². The van der Waals surface area contributed by atoms with Crippen LogP contribution in [0.1, 0.15) is 48.0 Å². The zero-order valence-electron chi connectivity index (χ0n) is 12.5. The van der Waals surface area contributed by atoms with Crippen LogP contribution in [0.4, 0.5) is 0 Å². The average molecular weight is 257 g/mol. The Balaban J connectivity index is 4.49. The third kappa shape index (κ3) is 5.52. The smallest absolute Gasteiger partial charge is 0.308 e. The molecule has 1 N–H and O–H groups in total. The van der Waals surface area contributed by atoms with Gasteiger partial charge in [-0.3, -0.25) is 9.59 Å². The van der Waals surface area contributed by atoms with Crippen LogP contribution in [0.3, 0.4) is 0 Å². The Labute approximate surface area is 110 Å². The molecule has 106 valence electrons. The Kier molecular flexibility index (Phi) is 6.36. The largest absolute Gasteiger partial charge is 0.481 e. The minimum atomic E-state index is -0.856. The molecule has 0 aromatic rings. The second-order valence-electron chi connectivity index (χ2n) is 6.14. The zero-order valence-corrected chi connectivity index (χ0v) is 12.5. The number of rotatable bonds is 6. The maximum Gasteiger partial charge on any atom is 0.308 e. The normalized spacial score (nSPS) is 15.0. The van der Waals surface area contributed by atoms with Gasteiger partial charge in [0.25, 0.3) is 0 Å². The van der Waals surface area contributed by atoms with E-state index in [0.717, 1.165) is 0 Å². The second kappa shape index (κ2) is 6.76. The predicted octanol–water partition coefficient (Wildman–Crippen LogP) is 2.63. The van der Waals surface area contributed by atoms with E-state index in [2.05, 4.69) is 27.7 Å². The summed E-state index contributed by atoms with van der Waals surface area (Å²) >= 11 is 0. The van der Waals surface area contributed by atoms with E-state index in [9.17, 15) is 9.59 Å². The molecule has 0 heterocycles. The molecule has 0 aromatic carbocycles. The number of aliphatic carboxylic acids is 1. The highest BCUT2D eigenvalue weighted by Gasteiger charge is 2.26. The number of amides is 1. The molecule has 0 aliphatic carbocycles. The molecule has 0 rings (SSSR count). The molecular weight excluding hydrogens is 230 g/mol. The number of carboxylic acid groups (broad SMARTS) is 1. The molecule has 2 atom stereocenters. The predicted molar refractivity (Wildman–Crippen MR) is 72.3 cm³/mol. The molecule has 18 heavy (non-hydrogen) atoms. The Morgan fingerprint density at radius 3 is 2.06 bits per heavy atom. The molecule has 0 saturated carbocycles. The lowest BCUT2D eigenvalue weighted by Crippen LogP contribution is -2.38. The fraction of sp³-hybridized carbons (Fsp3) is 0.857. The number of carbonyl (C=O) groups is 2. The standard InChI is InChI=1S/C14H27NO3/c1-7-15(9-10(2)13(17)18)12(16)8-11(3)14(4,5)6/h10-11H,7-9H2,1-6H3,(H,17,18). The fourth-order valence-electron chi connectivity index (χ4n) is 1.51. The van der Waals surface area contributed by atoms with Crippen molar-refractivity contribution in [3.8, 4) is 0 Å². The van der Waals surface area contributed by atoms with Crippen molar-refractivity contribution >= 4 is 11.9 Å². The Bertz CT molecular complexity index is 294. The zero-order chi connectivity index (χ0) is 14.5. The molecule has 0 aliphatic heterocycles. The van der Waals surface area contributed by atoms with Gasteiger partial charge in [0, 0.05) is 19.5 Å². The lowest BCUT2D eigenvalue weighted by molar-refractivity contribution is -0.143. The van der Waals surface area contributed by atoms with Crippen molar-refractivity contribution in [2.45, 2.75) is 48.0 Å². The Morgan fingerprint density at radius 1 is 1.22 bits per heavy atom. The monoisotopic (exact) mass is 257 g/mol. The highest BCUT2D eigenvalue weighted by molar-refractivity contribution is 5.77. The second-order valence-corrected chi connectivity index (χ2v) is 6.14. The van der Waals surface area contributed by atoms with Crippen LogP contribution in [0.25, 0.3) is 0 Å². The van der Waals surface area contributed by atoms with Crippen LogP contribution < -0.4 is 0 Å². The van der Waals surface area contributed by atoms with E-state index in [1.54, 1.807) is 11.8 Å². The summed E-state index contributed by atoms with van der Waals surface area (Å²) in [5, 5.41) is 8.88. The first-order chi connectivity index (χ1) is 8.09. The van der Waals surface area contributed by atoms with E-state index in [-0.39, 0.29) is 17.2 Å². The fourth-order valence-corrected chi connectivity index (χ4v) is 1.51. The van der Waals surface area contributed by atoms with E-state index in [0.29, 0.717) is 19.5 Å². The molecule has 0 aromatic heterocycles. The van der Waals surface area contributed by atoms with Crippen molar-refractivity contribution < 1.29 is 14.7 Å². The highest BCUT2D eigenvalue weighted by atomic mass is 16.4. The summed E-state index contributed by atoms with van der Waals surface area (Å²) < 4.78 is 0. The van der Waals surface area contributed by atoms with Gasteiger partial charge < -0.3 is 10.0 Å². The first-order valence-corrected chi connectivity index (χ1v) is 6.60. The lowest BCUT2D eigenvalue weighted by atomic mass is 9.80. The SMILES string of the molecule is CCN(CC(C)C(=O)O)C(=O)CC(C)C(C)(C)C. The topological polar surface area (TPSA) is 57.6 Å². The van der Waals surface area contributed by atoms with Crippen LogP contribution in [-0.4, -0.2) is 35.0 Å². The maximum absolute atomic E-state index is 12.1. The average Bonchev–Trinajstić information content (AvgIpc) is 2.23. The van der Waals surface area contributed by atoms with Crippen LogP contribution in [0, 0.1) is 17.3 Å². The number of hydrogen-bond donors (Lipinski definition) is 1. The summed E-state index contributed by atoms with van der Waals surface area (Å²) in [4.78, 5) is 24.6. The number of carboxylic acids is 1. The van der Waals surface area contributed by atoms with Crippen molar-refractivity contribution in [1.82, 2.24) is 4.90 Å². The molecule has 4 heteroatoms. The van der Waals surface area contributed by atoms with Crippen molar-refractivity contribution in [1.29, 1.82) is 0 Å². The van der Waals surface area contributed by atoms with Crippen molar-refractivity contribution in [2.75, 3.05) is 13.1 Å². The van der Waals surface area contributed by atoms with Crippen LogP contribution in [-0.2, 0) is 9.59 Å². The van der Waals surface area contributed by atoms with Gasteiger partial charge in [0.15, 0.2) is 0 Å². The van der Waals surface area contributed by atoms with Crippen molar-refractivity contribution in [2.24, 2.45) is 17.3 Å². The summed E-state index contributed by atoms with van der Waals surface area (Å²) in [6.07, 6.45) is 0.476. The minimum absolute atomic E-state index is 0.0491. The number of hydrogen-bond acceptors (Lipinski definition) is 2. The van der Waals surface area contributed by atoms with Gasteiger partial charge in [-0.05, 0) is 18.3 Å². The van der Waals surface area contributed by atoms with Gasteiger partial charge in [-0.15, -0.1) is 0 Å². The molecular formula is C14H27NO3. The van der Waals surface area contributed by atoms with E-state index < -0.39 is 11.9 Å². The van der Waals surface area contributed by atoms with E-state index >= 15 is 0 Å². The van der Waals surface area contributed by atoms with Gasteiger partial charge in [-0.1, -0.05) is 34.6 Å². The van der Waals surface area contributed by atoms with Gasteiger partial charge >= 0.3 is 5.97 Å². The maximum atomic E-state index is 12.1. The first kappa shape index (κ1) is 16.9. The van der Waals surface area contributed by atoms with Gasteiger partial charge in [0.2, 0.25) is 5.91 Å². The van der Waals surface area contributed by atoms with Gasteiger partial charge in [-0.2, -0.15) is 0 Å². The quantitative estimate of drug-likeness (QED) is 0.795. The molecule has 0 saturated heterocycles. The van der Waals surface area contributed by atoms with Gasteiger partial charge in [0.1, 0.15) is 0 Å². The number of nitrogens with zero attached hydrogens (tertiary/aromatic N) is 1. The van der Waals surface area contributed by atoms with Crippen LogP contribution in [0.5, 0.6) is 0 Å². The summed E-state index contributed by atoms with van der Waals surface area (Å²) in [6, 6.07) is 0. The highest BCUT2D eigenvalue weighted by Crippen LogP contribution is 2.28. The number of carbonyl (C=O) groups excluding carboxylic acids is 1. The summed E-state index contributed by atoms with van der Waals surface area (Å²) in [5.41, 5.74) is 0.0908. The van der Waals surface area contributed by atoms with E-state index in [1.807, 2.05) is 6.92 Å². The third-order valence-electron chi connectivity index (χ3n) is 3.61. The summed E-state index contributed by atoms with van der Waals surface area (Å²) in [5.74, 6) is -1.05. The van der Waals surface area contributed by atoms with Crippen LogP contribution >= 0.6 is 0 Å². The summed E-state index contributed by atoms with van der Waals surface area (Å²) in [6.45, 7) is 12.8.